The van der Waals surface area contributed by atoms with Gasteiger partial charge in [-0.3, -0.25) is 4.79 Å². The number of phenolic OH excluding ortho intramolecular Hbond substituents is 2. The lowest BCUT2D eigenvalue weighted by Crippen LogP contribution is -2.60. The van der Waals surface area contributed by atoms with Gasteiger partial charge in [-0.2, -0.15) is 0 Å². The highest BCUT2D eigenvalue weighted by Gasteiger charge is 2.44. The van der Waals surface area contributed by atoms with Crippen LogP contribution in [0.4, 0.5) is 0 Å². The minimum Gasteiger partial charge on any atom is -0.507 e. The molecule has 0 bridgehead atoms. The van der Waals surface area contributed by atoms with Gasteiger partial charge >= 0.3 is 0 Å². The largest absolute Gasteiger partial charge is 0.507 e. The van der Waals surface area contributed by atoms with E-state index in [0.29, 0.717) is 5.56 Å². The second-order valence-corrected chi connectivity index (χ2v) is 9.97. The lowest BCUT2D eigenvalue weighted by atomic mass is 9.92. The highest BCUT2D eigenvalue weighted by atomic mass is 16.7. The number of aliphatic hydroxyl groups is 6. The molecule has 13 heteroatoms. The van der Waals surface area contributed by atoms with E-state index in [1.54, 1.807) is 0 Å². The van der Waals surface area contributed by atoms with Gasteiger partial charge < -0.3 is 59.5 Å². The van der Waals surface area contributed by atoms with Crippen LogP contribution in [0.5, 0.6) is 17.2 Å². The van der Waals surface area contributed by atoms with Crippen LogP contribution in [0.25, 0.3) is 22.3 Å². The fourth-order valence-corrected chi connectivity index (χ4v) is 5.01. The number of aromatic hydroxyl groups is 2. The van der Waals surface area contributed by atoms with Gasteiger partial charge in [-0.1, -0.05) is 0 Å². The zero-order valence-electron chi connectivity index (χ0n) is 21.2. The van der Waals surface area contributed by atoms with Crippen molar-refractivity contribution >= 4 is 11.0 Å². The maximum Gasteiger partial charge on any atom is 0.229 e. The lowest BCUT2D eigenvalue weighted by molar-refractivity contribution is -0.277. The minimum atomic E-state index is -1.60. The highest BCUT2D eigenvalue weighted by Crippen LogP contribution is 2.44. The van der Waals surface area contributed by atoms with Crippen LogP contribution in [0.15, 0.2) is 45.6 Å². The average Bonchev–Trinajstić information content (AvgIpc) is 2.91. The number of rotatable bonds is 5. The third-order valence-corrected chi connectivity index (χ3v) is 7.28. The Morgan fingerprint density at radius 3 is 2.27 bits per heavy atom. The smallest absolute Gasteiger partial charge is 0.229 e. The Balaban J connectivity index is 1.41. The number of aliphatic hydroxyl groups excluding tert-OH is 6. The topological polar surface area (TPSA) is 220 Å². The summed E-state index contributed by atoms with van der Waals surface area (Å²) >= 11 is 0. The molecule has 3 heterocycles. The molecule has 2 saturated heterocycles. The fourth-order valence-electron chi connectivity index (χ4n) is 5.01. The molecular formula is C27H30O13. The molecule has 3 aromatic rings. The molecular weight excluding hydrogens is 532 g/mol. The SMILES string of the molecule is C[C@@H]1O[C@@H](c2c(O)cc3oc(-c4ccc(O[C@H]5O[C@H](CO)[C@H](O)[C@@H](O)[C@H]5O)cc4)cc(=O)c3c2O)C[C@H](O)[C@H]1O. The normalized spacial score (nSPS) is 32.7. The molecule has 2 aliphatic heterocycles. The maximum absolute atomic E-state index is 13.0. The lowest BCUT2D eigenvalue weighted by Gasteiger charge is -2.39. The Hall–Kier alpha value is -3.27. The van der Waals surface area contributed by atoms with E-state index in [-0.39, 0.29) is 34.5 Å². The minimum absolute atomic E-state index is 0.0972. The molecule has 0 unspecified atom stereocenters. The molecule has 8 N–H and O–H groups in total. The van der Waals surface area contributed by atoms with Crippen LogP contribution in [0, 0.1) is 0 Å². The molecule has 0 spiro atoms. The van der Waals surface area contributed by atoms with Crippen molar-refractivity contribution in [3.63, 3.8) is 0 Å². The number of benzene rings is 2. The monoisotopic (exact) mass is 562 g/mol. The van der Waals surface area contributed by atoms with Crippen molar-refractivity contribution in [2.45, 2.75) is 68.5 Å². The molecule has 5 rings (SSSR count). The second kappa shape index (κ2) is 11.0. The molecule has 40 heavy (non-hydrogen) atoms. The summed E-state index contributed by atoms with van der Waals surface area (Å²) in [5, 5.41) is 80.8. The van der Waals surface area contributed by atoms with Gasteiger partial charge in [0.2, 0.25) is 6.29 Å². The van der Waals surface area contributed by atoms with Gasteiger partial charge in [0, 0.05) is 24.1 Å². The van der Waals surface area contributed by atoms with Crippen molar-refractivity contribution in [1.29, 1.82) is 0 Å². The Morgan fingerprint density at radius 2 is 1.62 bits per heavy atom. The second-order valence-electron chi connectivity index (χ2n) is 9.97. The van der Waals surface area contributed by atoms with Crippen LogP contribution in [0.3, 0.4) is 0 Å². The highest BCUT2D eigenvalue weighted by molar-refractivity contribution is 5.88. The zero-order valence-corrected chi connectivity index (χ0v) is 21.2. The Morgan fingerprint density at radius 1 is 0.925 bits per heavy atom. The molecule has 1 aromatic heterocycles. The van der Waals surface area contributed by atoms with Crippen molar-refractivity contribution in [2.75, 3.05) is 6.61 Å². The van der Waals surface area contributed by atoms with Crippen LogP contribution in [0.1, 0.15) is 25.0 Å². The van der Waals surface area contributed by atoms with Crippen LogP contribution in [0.2, 0.25) is 0 Å². The fraction of sp³-hybridized carbons (Fsp3) is 0.444. The Labute approximate surface area is 226 Å². The molecule has 0 amide bonds. The van der Waals surface area contributed by atoms with E-state index < -0.39 is 78.7 Å². The van der Waals surface area contributed by atoms with Gasteiger partial charge in [0.05, 0.1) is 30.5 Å². The summed E-state index contributed by atoms with van der Waals surface area (Å²) < 4.78 is 22.4. The Bertz CT molecular complexity index is 1410. The van der Waals surface area contributed by atoms with Crippen molar-refractivity contribution in [2.24, 2.45) is 0 Å². The zero-order chi connectivity index (χ0) is 28.9. The summed E-state index contributed by atoms with van der Waals surface area (Å²) in [5.41, 5.74) is -0.391. The molecule has 0 saturated carbocycles. The molecule has 2 aromatic carbocycles. The predicted molar refractivity (Wildman–Crippen MR) is 136 cm³/mol. The standard InChI is InChI=1S/C27H30O13/c1-10-22(32)15(31)8-17(37-10)20-14(30)7-18-21(24(20)34)13(29)6-16(39-18)11-2-4-12(5-3-11)38-27-26(36)25(35)23(33)19(9-28)40-27/h2-7,10,15,17,19,22-23,25-28,30-36H,8-9H2,1H3/t10-,15-,17+,19+,22-,23-,25+,26+,27-/m0/s1. The molecule has 0 radical (unpaired) electrons. The van der Waals surface area contributed by atoms with Crippen molar-refractivity contribution < 1.29 is 59.5 Å². The summed E-state index contributed by atoms with van der Waals surface area (Å²) in [6, 6.07) is 8.32. The quantitative estimate of drug-likeness (QED) is 0.199. The third kappa shape index (κ3) is 5.02. The van der Waals surface area contributed by atoms with E-state index in [4.69, 9.17) is 18.6 Å². The van der Waals surface area contributed by atoms with Gasteiger partial charge in [0.15, 0.2) is 5.43 Å². The number of hydrogen-bond donors (Lipinski definition) is 8. The number of fused-ring (bicyclic) bond motifs is 1. The van der Waals surface area contributed by atoms with E-state index >= 15 is 0 Å². The maximum atomic E-state index is 13.0. The Kier molecular flexibility index (Phi) is 7.74. The summed E-state index contributed by atoms with van der Waals surface area (Å²) in [6.45, 7) is 0.936. The summed E-state index contributed by atoms with van der Waals surface area (Å²) in [7, 11) is 0. The third-order valence-electron chi connectivity index (χ3n) is 7.28. The van der Waals surface area contributed by atoms with Gasteiger partial charge in [-0.15, -0.1) is 0 Å². The summed E-state index contributed by atoms with van der Waals surface area (Å²) in [5.74, 6) is -0.677. The average molecular weight is 563 g/mol. The molecule has 216 valence electrons. The first-order valence-corrected chi connectivity index (χ1v) is 12.6. The van der Waals surface area contributed by atoms with Gasteiger partial charge in [-0.05, 0) is 31.2 Å². The van der Waals surface area contributed by atoms with Crippen molar-refractivity contribution in [1.82, 2.24) is 0 Å². The van der Waals surface area contributed by atoms with E-state index in [9.17, 15) is 45.6 Å². The van der Waals surface area contributed by atoms with Crippen LogP contribution >= 0.6 is 0 Å². The first-order chi connectivity index (χ1) is 19.0. The van der Waals surface area contributed by atoms with E-state index in [2.05, 4.69) is 0 Å². The van der Waals surface area contributed by atoms with Crippen LogP contribution in [-0.4, -0.2) is 96.5 Å². The number of hydrogen-bond acceptors (Lipinski definition) is 13. The first-order valence-electron chi connectivity index (χ1n) is 12.6. The molecule has 13 nitrogen and oxygen atoms in total. The van der Waals surface area contributed by atoms with E-state index in [0.717, 1.165) is 12.1 Å². The summed E-state index contributed by atoms with van der Waals surface area (Å²) in [4.78, 5) is 13.0. The van der Waals surface area contributed by atoms with Crippen LogP contribution < -0.4 is 10.2 Å². The first kappa shape index (κ1) is 28.3. The van der Waals surface area contributed by atoms with Crippen LogP contribution in [-0.2, 0) is 9.47 Å². The molecule has 2 fully saturated rings. The van der Waals surface area contributed by atoms with E-state index in [1.807, 2.05) is 0 Å². The summed E-state index contributed by atoms with van der Waals surface area (Å²) in [6.07, 6.45) is -11.4. The number of phenols is 2. The van der Waals surface area contributed by atoms with Gasteiger partial charge in [0.1, 0.15) is 64.5 Å². The van der Waals surface area contributed by atoms with Gasteiger partial charge in [0.25, 0.3) is 0 Å². The molecule has 2 aliphatic rings. The number of ether oxygens (including phenoxy) is 3. The van der Waals surface area contributed by atoms with Crippen molar-refractivity contribution in [3.8, 4) is 28.6 Å². The molecule has 9 atom stereocenters. The van der Waals surface area contributed by atoms with E-state index in [1.165, 1.54) is 31.2 Å². The van der Waals surface area contributed by atoms with Gasteiger partial charge in [-0.25, -0.2) is 0 Å². The molecule has 0 aliphatic carbocycles. The predicted octanol–water partition coefficient (Wildman–Crippen LogP) is -0.378. The van der Waals surface area contributed by atoms with Crippen molar-refractivity contribution in [3.05, 3.63) is 52.2 Å².